The Kier molecular flexibility index (Phi) is 4.65. The fourth-order valence-electron chi connectivity index (χ4n) is 1.97. The lowest BCUT2D eigenvalue weighted by molar-refractivity contribution is 0.593. The second-order valence-electron chi connectivity index (χ2n) is 4.72. The van der Waals surface area contributed by atoms with Crippen LogP contribution in [0.4, 0.5) is 14.5 Å². The largest absolute Gasteiger partial charge is 0.376 e. The summed E-state index contributed by atoms with van der Waals surface area (Å²) < 4.78 is 27.3. The smallest absolute Gasteiger partial charge is 0.146 e. The molecule has 0 aromatic heterocycles. The van der Waals surface area contributed by atoms with Gasteiger partial charge in [-0.3, -0.25) is 0 Å². The lowest BCUT2D eigenvalue weighted by Crippen LogP contribution is -2.08. The maximum absolute atomic E-state index is 13.8. The summed E-state index contributed by atoms with van der Waals surface area (Å²) in [5.74, 6) is -0.838. The van der Waals surface area contributed by atoms with Crippen molar-refractivity contribution >= 4 is 17.4 Å². The van der Waals surface area contributed by atoms with Crippen molar-refractivity contribution in [3.63, 3.8) is 0 Å². The van der Waals surface area contributed by atoms with Crippen LogP contribution < -0.4 is 5.32 Å². The zero-order valence-corrected chi connectivity index (χ0v) is 12.5. The van der Waals surface area contributed by atoms with E-state index in [0.29, 0.717) is 5.56 Å². The molecule has 0 aliphatic rings. The van der Waals surface area contributed by atoms with E-state index in [1.54, 1.807) is 18.7 Å². The molecule has 0 saturated carbocycles. The molecule has 2 rings (SSSR count). The summed E-state index contributed by atoms with van der Waals surface area (Å²) in [5, 5.41) is 3.01. The van der Waals surface area contributed by atoms with Crippen LogP contribution in [0.15, 0.2) is 41.3 Å². The number of hydrogen-bond donors (Lipinski definition) is 1. The van der Waals surface area contributed by atoms with E-state index < -0.39 is 11.6 Å². The van der Waals surface area contributed by atoms with Crippen molar-refractivity contribution in [3.8, 4) is 0 Å². The topological polar surface area (TPSA) is 12.0 Å². The maximum Gasteiger partial charge on any atom is 0.146 e. The van der Waals surface area contributed by atoms with Gasteiger partial charge in [0, 0.05) is 17.0 Å². The van der Waals surface area contributed by atoms with Crippen LogP contribution in [0.5, 0.6) is 0 Å². The van der Waals surface area contributed by atoms with Gasteiger partial charge >= 0.3 is 0 Å². The fraction of sp³-hybridized carbons (Fsp3) is 0.250. The molecule has 0 bridgehead atoms. The highest BCUT2D eigenvalue weighted by Gasteiger charge is 2.11. The van der Waals surface area contributed by atoms with Crippen molar-refractivity contribution in [1.29, 1.82) is 0 Å². The van der Waals surface area contributed by atoms with Gasteiger partial charge in [0.05, 0.1) is 5.69 Å². The highest BCUT2D eigenvalue weighted by molar-refractivity contribution is 7.98. The molecule has 1 atom stereocenters. The van der Waals surface area contributed by atoms with Crippen molar-refractivity contribution < 1.29 is 8.78 Å². The monoisotopic (exact) mass is 293 g/mol. The standard InChI is InChI=1S/C16H17F2NS/c1-10-8-15(18)16(9-14(10)17)19-11(2)12-4-6-13(20-3)7-5-12/h4-9,11,19H,1-3H3. The summed E-state index contributed by atoms with van der Waals surface area (Å²) in [5.41, 5.74) is 1.53. The molecule has 0 amide bonds. The van der Waals surface area contributed by atoms with Crippen molar-refractivity contribution in [2.75, 3.05) is 11.6 Å². The fourth-order valence-corrected chi connectivity index (χ4v) is 2.37. The Morgan fingerprint density at radius 3 is 2.30 bits per heavy atom. The van der Waals surface area contributed by atoms with Crippen LogP contribution in [0, 0.1) is 18.6 Å². The number of halogens is 2. The minimum atomic E-state index is -0.434. The Bertz CT molecular complexity index is 596. The van der Waals surface area contributed by atoms with Gasteiger partial charge in [0.25, 0.3) is 0 Å². The van der Waals surface area contributed by atoms with Crippen LogP contribution in [0.3, 0.4) is 0 Å². The van der Waals surface area contributed by atoms with Gasteiger partial charge in [0.15, 0.2) is 0 Å². The zero-order valence-electron chi connectivity index (χ0n) is 11.7. The number of anilines is 1. The summed E-state index contributed by atoms with van der Waals surface area (Å²) in [4.78, 5) is 1.17. The molecule has 4 heteroatoms. The van der Waals surface area contributed by atoms with E-state index in [0.717, 1.165) is 5.56 Å². The average Bonchev–Trinajstić information content (AvgIpc) is 2.44. The molecule has 0 fully saturated rings. The third kappa shape index (κ3) is 3.31. The number of thioether (sulfide) groups is 1. The van der Waals surface area contributed by atoms with Crippen molar-refractivity contribution in [1.82, 2.24) is 0 Å². The number of nitrogens with one attached hydrogen (secondary N) is 1. The van der Waals surface area contributed by atoms with E-state index in [-0.39, 0.29) is 11.7 Å². The summed E-state index contributed by atoms with van der Waals surface area (Å²) in [6.45, 7) is 3.47. The molecule has 0 spiro atoms. The van der Waals surface area contributed by atoms with Gasteiger partial charge in [-0.1, -0.05) is 12.1 Å². The summed E-state index contributed by atoms with van der Waals surface area (Å²) in [6, 6.07) is 10.3. The van der Waals surface area contributed by atoms with Crippen LogP contribution in [0.25, 0.3) is 0 Å². The molecule has 0 aliphatic carbocycles. The first-order valence-electron chi connectivity index (χ1n) is 6.37. The van der Waals surface area contributed by atoms with Crippen LogP contribution in [-0.4, -0.2) is 6.26 Å². The minimum Gasteiger partial charge on any atom is -0.376 e. The highest BCUT2D eigenvalue weighted by Crippen LogP contribution is 2.25. The van der Waals surface area contributed by atoms with E-state index in [1.807, 2.05) is 37.4 Å². The van der Waals surface area contributed by atoms with Crippen LogP contribution in [0.1, 0.15) is 24.1 Å². The van der Waals surface area contributed by atoms with E-state index in [2.05, 4.69) is 5.32 Å². The van der Waals surface area contributed by atoms with Crippen LogP contribution in [0.2, 0.25) is 0 Å². The molecule has 0 heterocycles. The molecule has 20 heavy (non-hydrogen) atoms. The van der Waals surface area contributed by atoms with Gasteiger partial charge in [-0.05, 0) is 49.4 Å². The number of rotatable bonds is 4. The molecule has 106 valence electrons. The Balaban J connectivity index is 2.18. The number of aryl methyl sites for hydroxylation is 1. The Labute approximate surface area is 122 Å². The Morgan fingerprint density at radius 2 is 1.70 bits per heavy atom. The van der Waals surface area contributed by atoms with Crippen molar-refractivity contribution in [2.45, 2.75) is 24.8 Å². The first kappa shape index (κ1) is 14.9. The predicted octanol–water partition coefficient (Wildman–Crippen LogP) is 5.17. The Morgan fingerprint density at radius 1 is 1.05 bits per heavy atom. The van der Waals surface area contributed by atoms with Gasteiger partial charge in [-0.15, -0.1) is 11.8 Å². The third-order valence-corrected chi connectivity index (χ3v) is 3.98. The second kappa shape index (κ2) is 6.27. The van der Waals surface area contributed by atoms with Crippen LogP contribution in [-0.2, 0) is 0 Å². The molecule has 1 nitrogen and oxygen atoms in total. The molecule has 1 N–H and O–H groups in total. The van der Waals surface area contributed by atoms with E-state index >= 15 is 0 Å². The molecule has 0 aliphatic heterocycles. The molecule has 0 saturated heterocycles. The van der Waals surface area contributed by atoms with Crippen molar-refractivity contribution in [2.24, 2.45) is 0 Å². The summed E-state index contributed by atoms with van der Waals surface area (Å²) in [7, 11) is 0. The SMILES string of the molecule is CSc1ccc(C(C)Nc2cc(F)c(C)cc2F)cc1. The molecular weight excluding hydrogens is 276 g/mol. The zero-order chi connectivity index (χ0) is 14.7. The molecular formula is C16H17F2NS. The van der Waals surface area contributed by atoms with Crippen molar-refractivity contribution in [3.05, 3.63) is 59.2 Å². The van der Waals surface area contributed by atoms with E-state index in [4.69, 9.17) is 0 Å². The average molecular weight is 293 g/mol. The number of benzene rings is 2. The van der Waals surface area contributed by atoms with E-state index in [1.165, 1.54) is 17.0 Å². The van der Waals surface area contributed by atoms with Gasteiger partial charge in [0.2, 0.25) is 0 Å². The molecule has 0 radical (unpaired) electrons. The predicted molar refractivity (Wildman–Crippen MR) is 81.4 cm³/mol. The first-order valence-corrected chi connectivity index (χ1v) is 7.60. The molecule has 1 unspecified atom stereocenters. The molecule has 2 aromatic rings. The summed E-state index contributed by atoms with van der Waals surface area (Å²) >= 11 is 1.67. The molecule has 2 aromatic carbocycles. The Hall–Kier alpha value is -1.55. The number of hydrogen-bond acceptors (Lipinski definition) is 2. The third-order valence-electron chi connectivity index (χ3n) is 3.24. The van der Waals surface area contributed by atoms with Crippen LogP contribution >= 0.6 is 11.8 Å². The quantitative estimate of drug-likeness (QED) is 0.781. The minimum absolute atomic E-state index is 0.0949. The van der Waals surface area contributed by atoms with Gasteiger partial charge in [-0.2, -0.15) is 0 Å². The lowest BCUT2D eigenvalue weighted by atomic mass is 10.1. The highest BCUT2D eigenvalue weighted by atomic mass is 32.2. The van der Waals surface area contributed by atoms with Gasteiger partial charge in [-0.25, -0.2) is 8.78 Å². The first-order chi connectivity index (χ1) is 9.51. The lowest BCUT2D eigenvalue weighted by Gasteiger charge is -2.17. The normalized spacial score (nSPS) is 12.2. The van der Waals surface area contributed by atoms with Gasteiger partial charge < -0.3 is 5.32 Å². The van der Waals surface area contributed by atoms with E-state index in [9.17, 15) is 8.78 Å². The van der Waals surface area contributed by atoms with Gasteiger partial charge in [0.1, 0.15) is 11.6 Å². The maximum atomic E-state index is 13.8. The summed E-state index contributed by atoms with van der Waals surface area (Å²) in [6.07, 6.45) is 2.02. The second-order valence-corrected chi connectivity index (χ2v) is 5.60.